The van der Waals surface area contributed by atoms with Crippen molar-refractivity contribution in [2.45, 2.75) is 6.17 Å². The molecule has 5 nitrogen and oxygen atoms in total. The van der Waals surface area contributed by atoms with E-state index >= 15 is 0 Å². The van der Waals surface area contributed by atoms with E-state index in [1.54, 1.807) is 0 Å². The third-order valence-electron chi connectivity index (χ3n) is 12.2. The van der Waals surface area contributed by atoms with E-state index in [4.69, 9.17) is 14.4 Å². The molecule has 0 saturated heterocycles. The van der Waals surface area contributed by atoms with Gasteiger partial charge in [0.2, 0.25) is 0 Å². The fourth-order valence-corrected chi connectivity index (χ4v) is 10.6. The summed E-state index contributed by atoms with van der Waals surface area (Å²) in [5.41, 5.74) is 10.1. The second-order valence-corrected chi connectivity index (χ2v) is 16.8. The van der Waals surface area contributed by atoms with Crippen LogP contribution in [-0.4, -0.2) is 16.2 Å². The molecule has 286 valence electrons. The third-order valence-corrected chi connectivity index (χ3v) is 13.3. The van der Waals surface area contributed by atoms with E-state index in [1.165, 1.54) is 41.7 Å². The second-order valence-electron chi connectivity index (χ2n) is 15.8. The number of para-hydroxylation sites is 2. The lowest BCUT2D eigenvalue weighted by molar-refractivity contribution is 0.666. The molecule has 0 saturated carbocycles. The Labute approximate surface area is 354 Å². The zero-order chi connectivity index (χ0) is 40.0. The predicted molar refractivity (Wildman–Crippen MR) is 256 cm³/mol. The van der Waals surface area contributed by atoms with Crippen molar-refractivity contribution in [2.24, 2.45) is 9.98 Å². The van der Waals surface area contributed by atoms with Crippen LogP contribution < -0.4 is 5.32 Å². The third kappa shape index (κ3) is 5.39. The fraction of sp³-hybridized carbons (Fsp3) is 0.0182. The summed E-state index contributed by atoms with van der Waals surface area (Å²) in [6.07, 6.45) is -0.413. The van der Waals surface area contributed by atoms with Crippen LogP contribution in [0.1, 0.15) is 22.9 Å². The number of aliphatic imine (C=N–C) groups is 2. The number of hydrogen-bond donors (Lipinski definition) is 1. The highest BCUT2D eigenvalue weighted by Crippen LogP contribution is 2.42. The Hall–Kier alpha value is -7.80. The molecule has 1 unspecified atom stereocenters. The van der Waals surface area contributed by atoms with Crippen LogP contribution in [0, 0.1) is 0 Å². The Morgan fingerprint density at radius 1 is 0.492 bits per heavy atom. The largest absolute Gasteiger partial charge is 0.454 e. The van der Waals surface area contributed by atoms with E-state index in [-0.39, 0.29) is 0 Å². The van der Waals surface area contributed by atoms with Crippen LogP contribution in [-0.2, 0) is 0 Å². The molecule has 1 N–H and O–H groups in total. The van der Waals surface area contributed by atoms with Crippen LogP contribution in [0.2, 0.25) is 0 Å². The lowest BCUT2D eigenvalue weighted by Gasteiger charge is -2.25. The number of thiophene rings is 1. The molecule has 0 fully saturated rings. The quantitative estimate of drug-likeness (QED) is 0.189. The first-order chi connectivity index (χ1) is 30.2. The highest BCUT2D eigenvalue weighted by molar-refractivity contribution is 7.25. The van der Waals surface area contributed by atoms with Gasteiger partial charge in [0.05, 0.1) is 16.7 Å². The van der Waals surface area contributed by atoms with Gasteiger partial charge >= 0.3 is 0 Å². The van der Waals surface area contributed by atoms with E-state index in [0.717, 1.165) is 72.3 Å². The van der Waals surface area contributed by atoms with E-state index in [9.17, 15) is 0 Å². The number of furan rings is 1. The minimum absolute atomic E-state index is 0.413. The van der Waals surface area contributed by atoms with Crippen molar-refractivity contribution in [3.63, 3.8) is 0 Å². The van der Waals surface area contributed by atoms with Crippen LogP contribution in [0.5, 0.6) is 0 Å². The average molecular weight is 799 g/mol. The summed E-state index contributed by atoms with van der Waals surface area (Å²) in [4.78, 5) is 11.0. The van der Waals surface area contributed by atoms with Crippen molar-refractivity contribution >= 4 is 97.7 Å². The fourth-order valence-electron chi connectivity index (χ4n) is 9.41. The standard InChI is InChI=1S/C55H34N4OS/c1-2-14-33(15-3-1)34-18-12-19-37(28-34)53-56-54(58-55(57-53)42-23-13-27-50-51(42)41-22-8-11-26-49(41)61-50)38-30-44-40-21-7-10-25-48(40)60-52(44)47(32-38)59-45-24-9-6-20-39(45)43-29-35-16-4-5-17-36(35)31-46(43)59/h1-32,55H,(H,56,57,58). The highest BCUT2D eigenvalue weighted by atomic mass is 32.1. The SMILES string of the molecule is c1ccc(-c2cccc(C3=NC(c4cc(-n5c6ccccc6c6cc7ccccc7cc65)c5oc6ccccc6c5c4)=NC(c4cccc5sc6ccccc6c45)N3)c2)cc1. The maximum Gasteiger partial charge on any atom is 0.159 e. The van der Waals surface area contributed by atoms with Crippen molar-refractivity contribution in [1.29, 1.82) is 0 Å². The Kier molecular flexibility index (Phi) is 7.47. The summed E-state index contributed by atoms with van der Waals surface area (Å²) in [6.45, 7) is 0. The first-order valence-corrected chi connectivity index (χ1v) is 21.4. The Balaban J connectivity index is 1.09. The van der Waals surface area contributed by atoms with Gasteiger partial charge in [0.25, 0.3) is 0 Å². The van der Waals surface area contributed by atoms with Gasteiger partial charge in [-0.15, -0.1) is 11.3 Å². The molecule has 12 aromatic rings. The predicted octanol–water partition coefficient (Wildman–Crippen LogP) is 14.4. The molecule has 1 aliphatic rings. The van der Waals surface area contributed by atoms with Crippen LogP contribution in [0.4, 0.5) is 0 Å². The summed E-state index contributed by atoms with van der Waals surface area (Å²) < 4.78 is 11.7. The van der Waals surface area contributed by atoms with Gasteiger partial charge in [-0.25, -0.2) is 9.98 Å². The molecule has 1 atom stereocenters. The van der Waals surface area contributed by atoms with Crippen LogP contribution in [0.25, 0.3) is 91.5 Å². The molecule has 4 heterocycles. The molecule has 0 aliphatic carbocycles. The van der Waals surface area contributed by atoms with Gasteiger partial charge in [0, 0.05) is 58.4 Å². The topological polar surface area (TPSA) is 54.8 Å². The Bertz CT molecular complexity index is 3810. The molecule has 9 aromatic carbocycles. The van der Waals surface area contributed by atoms with Crippen molar-refractivity contribution in [2.75, 3.05) is 0 Å². The van der Waals surface area contributed by atoms with Gasteiger partial charge in [-0.2, -0.15) is 0 Å². The molecule has 0 bridgehead atoms. The molecule has 3 aromatic heterocycles. The minimum atomic E-state index is -0.413. The van der Waals surface area contributed by atoms with Crippen molar-refractivity contribution in [3.8, 4) is 16.8 Å². The molecular weight excluding hydrogens is 765 g/mol. The van der Waals surface area contributed by atoms with Crippen LogP contribution in [0.15, 0.2) is 209 Å². The highest BCUT2D eigenvalue weighted by Gasteiger charge is 2.27. The number of hydrogen-bond acceptors (Lipinski definition) is 5. The van der Waals surface area contributed by atoms with E-state index in [0.29, 0.717) is 5.84 Å². The summed E-state index contributed by atoms with van der Waals surface area (Å²) >= 11 is 1.82. The van der Waals surface area contributed by atoms with Gasteiger partial charge in [-0.05, 0) is 76.5 Å². The van der Waals surface area contributed by atoms with E-state index < -0.39 is 6.17 Å². The minimum Gasteiger partial charge on any atom is -0.454 e. The molecule has 6 heteroatoms. The zero-order valence-corrected chi connectivity index (χ0v) is 33.5. The monoisotopic (exact) mass is 798 g/mol. The molecule has 0 spiro atoms. The summed E-state index contributed by atoms with van der Waals surface area (Å²) in [5.74, 6) is 1.42. The number of benzene rings is 9. The van der Waals surface area contributed by atoms with Gasteiger partial charge < -0.3 is 14.3 Å². The average Bonchev–Trinajstić information content (AvgIpc) is 4.00. The smallest absolute Gasteiger partial charge is 0.159 e. The normalized spacial score (nSPS) is 14.4. The number of rotatable bonds is 5. The lowest BCUT2D eigenvalue weighted by Crippen LogP contribution is -2.33. The van der Waals surface area contributed by atoms with Crippen molar-refractivity contribution in [3.05, 3.63) is 211 Å². The number of fused-ring (bicyclic) bond motifs is 10. The molecule has 0 amide bonds. The van der Waals surface area contributed by atoms with Gasteiger partial charge in [0.15, 0.2) is 11.4 Å². The van der Waals surface area contributed by atoms with E-state index in [2.05, 4.69) is 198 Å². The first-order valence-electron chi connectivity index (χ1n) is 20.6. The number of nitrogens with one attached hydrogen (secondary N) is 1. The lowest BCUT2D eigenvalue weighted by atomic mass is 10.0. The maximum absolute atomic E-state index is 6.84. The number of amidine groups is 2. The first kappa shape index (κ1) is 34.1. The van der Waals surface area contributed by atoms with Crippen LogP contribution in [0.3, 0.4) is 0 Å². The van der Waals surface area contributed by atoms with Crippen molar-refractivity contribution in [1.82, 2.24) is 9.88 Å². The van der Waals surface area contributed by atoms with Crippen LogP contribution >= 0.6 is 11.3 Å². The molecule has 61 heavy (non-hydrogen) atoms. The molecular formula is C55H34N4OS. The van der Waals surface area contributed by atoms with Crippen molar-refractivity contribution < 1.29 is 4.42 Å². The van der Waals surface area contributed by atoms with Gasteiger partial charge in [-0.1, -0.05) is 140 Å². The maximum atomic E-state index is 6.84. The summed E-state index contributed by atoms with van der Waals surface area (Å²) in [5, 5.41) is 13.1. The molecule has 1 aliphatic heterocycles. The van der Waals surface area contributed by atoms with E-state index in [1.807, 2.05) is 17.4 Å². The Morgan fingerprint density at radius 3 is 2.10 bits per heavy atom. The summed E-state index contributed by atoms with van der Waals surface area (Å²) in [6, 6.07) is 69.1. The number of nitrogens with zero attached hydrogens (tertiary/aromatic N) is 3. The van der Waals surface area contributed by atoms with Gasteiger partial charge in [-0.3, -0.25) is 0 Å². The van der Waals surface area contributed by atoms with Gasteiger partial charge in [0.1, 0.15) is 17.6 Å². The molecule has 13 rings (SSSR count). The zero-order valence-electron chi connectivity index (χ0n) is 32.7. The number of aromatic nitrogens is 1. The molecule has 0 radical (unpaired) electrons. The summed E-state index contributed by atoms with van der Waals surface area (Å²) in [7, 11) is 0. The second kappa shape index (κ2) is 13.4. The Morgan fingerprint density at radius 2 is 1.20 bits per heavy atom.